The van der Waals surface area contributed by atoms with Crippen molar-refractivity contribution in [3.05, 3.63) is 41.6 Å². The summed E-state index contributed by atoms with van der Waals surface area (Å²) in [4.78, 5) is 12.1. The van der Waals surface area contributed by atoms with Crippen molar-refractivity contribution in [1.82, 2.24) is 9.78 Å². The Hall–Kier alpha value is -2.30. The molecule has 0 bridgehead atoms. The summed E-state index contributed by atoms with van der Waals surface area (Å²) in [5.74, 6) is 1.95. The Kier molecular flexibility index (Phi) is 4.37. The van der Waals surface area contributed by atoms with Crippen LogP contribution in [0.4, 0.5) is 5.82 Å². The van der Waals surface area contributed by atoms with Gasteiger partial charge in [0.25, 0.3) is 5.91 Å². The van der Waals surface area contributed by atoms with Gasteiger partial charge in [-0.1, -0.05) is 6.07 Å². The highest BCUT2D eigenvalue weighted by atomic mass is 16.5. The number of benzene rings is 1. The maximum Gasteiger partial charge on any atom is 0.263 e. The summed E-state index contributed by atoms with van der Waals surface area (Å²) >= 11 is 0. The molecular formula is C18H23N3O2. The Labute approximate surface area is 136 Å². The van der Waals surface area contributed by atoms with Gasteiger partial charge in [-0.2, -0.15) is 5.10 Å². The fourth-order valence-electron chi connectivity index (χ4n) is 2.65. The number of aryl methyl sites for hydroxylation is 2. The third-order valence-corrected chi connectivity index (χ3v) is 4.48. The molecule has 3 rings (SSSR count). The molecule has 1 saturated carbocycles. The fraction of sp³-hybridized carbons (Fsp3) is 0.444. The number of ether oxygens (including phenoxy) is 1. The first kappa shape index (κ1) is 15.6. The van der Waals surface area contributed by atoms with E-state index in [4.69, 9.17) is 4.74 Å². The predicted octanol–water partition coefficient (Wildman–Crippen LogP) is 3.49. The molecule has 0 radical (unpaired) electrons. The molecule has 1 aromatic carbocycles. The highest BCUT2D eigenvalue weighted by Crippen LogP contribution is 2.40. The van der Waals surface area contributed by atoms with Crippen molar-refractivity contribution in [1.29, 1.82) is 0 Å². The third kappa shape index (κ3) is 3.73. The number of nitrogens with zero attached hydrogens (tertiary/aromatic N) is 2. The molecule has 1 aromatic heterocycles. The second-order valence-electron chi connectivity index (χ2n) is 6.32. The lowest BCUT2D eigenvalue weighted by Gasteiger charge is -2.15. The molecule has 0 spiro atoms. The summed E-state index contributed by atoms with van der Waals surface area (Å²) in [6.07, 6.45) is 4.20. The van der Waals surface area contributed by atoms with Crippen LogP contribution in [0, 0.1) is 19.8 Å². The number of aromatic nitrogens is 2. The topological polar surface area (TPSA) is 56.1 Å². The molecule has 0 saturated heterocycles. The Morgan fingerprint density at radius 2 is 2.13 bits per heavy atom. The summed E-state index contributed by atoms with van der Waals surface area (Å²) < 4.78 is 7.47. The number of carbonyl (C=O) groups is 1. The van der Waals surface area contributed by atoms with Gasteiger partial charge in [0.05, 0.1) is 12.2 Å². The first-order chi connectivity index (χ1) is 11.0. The molecule has 0 aliphatic heterocycles. The number of carbonyl (C=O) groups excluding carboxylic acids is 1. The zero-order chi connectivity index (χ0) is 16.4. The van der Waals surface area contributed by atoms with Crippen molar-refractivity contribution in [2.45, 2.75) is 39.7 Å². The Balaban J connectivity index is 1.57. The second kappa shape index (κ2) is 6.44. The molecular weight excluding hydrogens is 290 g/mol. The minimum Gasteiger partial charge on any atom is -0.484 e. The minimum absolute atomic E-state index is 0.00844. The molecule has 5 heteroatoms. The highest BCUT2D eigenvalue weighted by Gasteiger charge is 2.30. The molecule has 1 aliphatic rings. The van der Waals surface area contributed by atoms with Gasteiger partial charge in [-0.05, 0) is 62.8 Å². The second-order valence-corrected chi connectivity index (χ2v) is 6.32. The molecule has 1 heterocycles. The maximum atomic E-state index is 12.1. The first-order valence-electron chi connectivity index (χ1n) is 8.08. The molecule has 1 fully saturated rings. The number of nitrogens with one attached hydrogen (secondary N) is 1. The average Bonchev–Trinajstić information content (AvgIpc) is 3.28. The van der Waals surface area contributed by atoms with Crippen LogP contribution in [0.3, 0.4) is 0 Å². The van der Waals surface area contributed by atoms with Crippen LogP contribution in [0.15, 0.2) is 30.5 Å². The van der Waals surface area contributed by atoms with Gasteiger partial charge < -0.3 is 10.1 Å². The van der Waals surface area contributed by atoms with Crippen LogP contribution < -0.4 is 10.1 Å². The number of hydrogen-bond donors (Lipinski definition) is 1. The van der Waals surface area contributed by atoms with E-state index in [9.17, 15) is 4.79 Å². The van der Waals surface area contributed by atoms with E-state index in [-0.39, 0.29) is 12.5 Å². The number of rotatable bonds is 6. The monoisotopic (exact) mass is 313 g/mol. The molecule has 1 aliphatic carbocycles. The molecule has 1 N–H and O–H groups in total. The lowest BCUT2D eigenvalue weighted by molar-refractivity contribution is -0.118. The molecule has 23 heavy (non-hydrogen) atoms. The highest BCUT2D eigenvalue weighted by molar-refractivity contribution is 5.91. The summed E-state index contributed by atoms with van der Waals surface area (Å²) in [5.41, 5.74) is 2.36. The van der Waals surface area contributed by atoms with Gasteiger partial charge in [-0.25, -0.2) is 4.68 Å². The first-order valence-corrected chi connectivity index (χ1v) is 8.08. The van der Waals surface area contributed by atoms with Gasteiger partial charge in [-0.15, -0.1) is 0 Å². The van der Waals surface area contributed by atoms with Gasteiger partial charge in [0.15, 0.2) is 6.61 Å². The Bertz CT molecular complexity index is 704. The van der Waals surface area contributed by atoms with Crippen LogP contribution in [0.25, 0.3) is 0 Å². The van der Waals surface area contributed by atoms with Crippen molar-refractivity contribution in [2.75, 3.05) is 11.9 Å². The summed E-state index contributed by atoms with van der Waals surface area (Å²) in [6, 6.07) is 7.97. The van der Waals surface area contributed by atoms with Crippen molar-refractivity contribution in [2.24, 2.45) is 5.92 Å². The molecule has 2 aromatic rings. The number of hydrogen-bond acceptors (Lipinski definition) is 3. The zero-order valence-electron chi connectivity index (χ0n) is 13.9. The van der Waals surface area contributed by atoms with Crippen LogP contribution in [0.5, 0.6) is 5.75 Å². The van der Waals surface area contributed by atoms with Crippen LogP contribution in [-0.4, -0.2) is 22.3 Å². The molecule has 122 valence electrons. The molecule has 0 unspecified atom stereocenters. The predicted molar refractivity (Wildman–Crippen MR) is 89.7 cm³/mol. The van der Waals surface area contributed by atoms with Crippen LogP contribution in [0.2, 0.25) is 0 Å². The van der Waals surface area contributed by atoms with E-state index in [0.717, 1.165) is 11.4 Å². The smallest absolute Gasteiger partial charge is 0.263 e. The van der Waals surface area contributed by atoms with E-state index in [1.807, 2.05) is 42.8 Å². The van der Waals surface area contributed by atoms with Crippen LogP contribution in [-0.2, 0) is 4.79 Å². The van der Waals surface area contributed by atoms with E-state index in [0.29, 0.717) is 17.7 Å². The molecule has 1 amide bonds. The van der Waals surface area contributed by atoms with Gasteiger partial charge in [-0.3, -0.25) is 4.79 Å². The Morgan fingerprint density at radius 3 is 2.83 bits per heavy atom. The average molecular weight is 313 g/mol. The molecule has 1 atom stereocenters. The van der Waals surface area contributed by atoms with Crippen molar-refractivity contribution < 1.29 is 9.53 Å². The normalized spacial score (nSPS) is 15.3. The fourth-order valence-corrected chi connectivity index (χ4v) is 2.65. The summed E-state index contributed by atoms with van der Waals surface area (Å²) in [7, 11) is 0. The van der Waals surface area contributed by atoms with Crippen molar-refractivity contribution >= 4 is 11.7 Å². The number of amides is 1. The summed E-state index contributed by atoms with van der Waals surface area (Å²) in [5, 5.41) is 7.22. The van der Waals surface area contributed by atoms with Gasteiger partial charge in [0.1, 0.15) is 11.6 Å². The van der Waals surface area contributed by atoms with Crippen LogP contribution >= 0.6 is 0 Å². The van der Waals surface area contributed by atoms with E-state index < -0.39 is 0 Å². The zero-order valence-corrected chi connectivity index (χ0v) is 13.9. The van der Waals surface area contributed by atoms with Crippen LogP contribution in [0.1, 0.15) is 36.9 Å². The van der Waals surface area contributed by atoms with Gasteiger partial charge in [0.2, 0.25) is 0 Å². The standard InChI is InChI=1S/C18H23N3O2/c1-12-4-7-16(10-13(12)2)23-11-18(22)20-17-8-9-19-21(17)14(3)15-5-6-15/h4,7-10,14-15H,5-6,11H2,1-3H3,(H,20,22)/t14-/m1/s1. The minimum atomic E-state index is -0.173. The third-order valence-electron chi connectivity index (χ3n) is 4.48. The largest absolute Gasteiger partial charge is 0.484 e. The van der Waals surface area contributed by atoms with Crippen molar-refractivity contribution in [3.8, 4) is 5.75 Å². The summed E-state index contributed by atoms with van der Waals surface area (Å²) in [6.45, 7) is 6.21. The maximum absolute atomic E-state index is 12.1. The van der Waals surface area contributed by atoms with E-state index >= 15 is 0 Å². The van der Waals surface area contributed by atoms with E-state index in [2.05, 4.69) is 17.3 Å². The lowest BCUT2D eigenvalue weighted by Crippen LogP contribution is -2.23. The SMILES string of the molecule is Cc1ccc(OCC(=O)Nc2ccnn2[C@H](C)C2CC2)cc1C. The number of anilines is 1. The van der Waals surface area contributed by atoms with Crippen molar-refractivity contribution in [3.63, 3.8) is 0 Å². The quantitative estimate of drug-likeness (QED) is 0.888. The lowest BCUT2D eigenvalue weighted by atomic mass is 10.1. The molecule has 5 nitrogen and oxygen atoms in total. The van der Waals surface area contributed by atoms with Gasteiger partial charge >= 0.3 is 0 Å². The van der Waals surface area contributed by atoms with Gasteiger partial charge in [0, 0.05) is 6.07 Å². The van der Waals surface area contributed by atoms with E-state index in [1.165, 1.54) is 18.4 Å². The van der Waals surface area contributed by atoms with E-state index in [1.54, 1.807) is 6.20 Å². The Morgan fingerprint density at radius 1 is 1.35 bits per heavy atom.